The van der Waals surface area contributed by atoms with E-state index in [2.05, 4.69) is 10.00 Å². The van der Waals surface area contributed by atoms with Crippen molar-refractivity contribution in [3.05, 3.63) is 27.7 Å². The summed E-state index contributed by atoms with van der Waals surface area (Å²) in [7, 11) is 0. The molecular formula is C19H29N3O3. The summed E-state index contributed by atoms with van der Waals surface area (Å²) in [5.41, 5.74) is 1.65. The van der Waals surface area contributed by atoms with Crippen molar-refractivity contribution in [1.82, 2.24) is 14.7 Å². The van der Waals surface area contributed by atoms with E-state index < -0.39 is 5.60 Å². The molecule has 1 atom stereocenters. The number of piperidine rings is 1. The summed E-state index contributed by atoms with van der Waals surface area (Å²) < 4.78 is 7.14. The molecule has 0 aromatic carbocycles. The third kappa shape index (κ3) is 3.96. The largest absolute Gasteiger partial charge is 0.386 e. The van der Waals surface area contributed by atoms with Gasteiger partial charge in [-0.1, -0.05) is 0 Å². The zero-order valence-electron chi connectivity index (χ0n) is 15.0. The molecule has 2 fully saturated rings. The number of likely N-dealkylation sites (tertiary alicyclic amines) is 1. The van der Waals surface area contributed by atoms with Crippen molar-refractivity contribution in [2.75, 3.05) is 32.8 Å². The number of aromatic nitrogens is 2. The second-order valence-corrected chi connectivity index (χ2v) is 8.09. The Labute approximate surface area is 148 Å². The van der Waals surface area contributed by atoms with Gasteiger partial charge in [0.2, 0.25) is 0 Å². The Hall–Kier alpha value is -1.24. The molecule has 6 nitrogen and oxygen atoms in total. The summed E-state index contributed by atoms with van der Waals surface area (Å²) in [6, 6.07) is 1.79. The molecule has 1 aromatic heterocycles. The van der Waals surface area contributed by atoms with Crippen LogP contribution in [0.25, 0.3) is 0 Å². The van der Waals surface area contributed by atoms with Crippen molar-refractivity contribution in [3.8, 4) is 0 Å². The molecule has 6 heteroatoms. The number of fused-ring (bicyclic) bond motifs is 1. The van der Waals surface area contributed by atoms with E-state index in [4.69, 9.17) is 4.74 Å². The van der Waals surface area contributed by atoms with Crippen molar-refractivity contribution in [3.63, 3.8) is 0 Å². The van der Waals surface area contributed by atoms with E-state index in [-0.39, 0.29) is 5.56 Å². The maximum atomic E-state index is 12.3. The smallest absolute Gasteiger partial charge is 0.267 e. The van der Waals surface area contributed by atoms with Crippen LogP contribution in [-0.2, 0) is 24.1 Å². The molecule has 0 saturated carbocycles. The predicted molar refractivity (Wildman–Crippen MR) is 94.7 cm³/mol. The fourth-order valence-corrected chi connectivity index (χ4v) is 4.52. The molecule has 2 aliphatic heterocycles. The maximum Gasteiger partial charge on any atom is 0.267 e. The van der Waals surface area contributed by atoms with E-state index in [1.54, 1.807) is 10.7 Å². The average Bonchev–Trinajstić information content (AvgIpc) is 3.04. The molecule has 0 amide bonds. The van der Waals surface area contributed by atoms with Gasteiger partial charge in [0.05, 0.1) is 12.3 Å². The number of aliphatic hydroxyl groups is 1. The minimum absolute atomic E-state index is 0.0525. The van der Waals surface area contributed by atoms with Crippen LogP contribution in [0.3, 0.4) is 0 Å². The molecule has 1 aromatic rings. The minimum atomic E-state index is -0.677. The topological polar surface area (TPSA) is 67.6 Å². The summed E-state index contributed by atoms with van der Waals surface area (Å²) in [5, 5.41) is 15.2. The highest BCUT2D eigenvalue weighted by molar-refractivity contribution is 5.22. The van der Waals surface area contributed by atoms with Crippen molar-refractivity contribution >= 4 is 0 Å². The van der Waals surface area contributed by atoms with Crippen LogP contribution in [0.5, 0.6) is 0 Å². The molecule has 2 saturated heterocycles. The number of β-amino-alcohol motifs (C(OH)–C–C–N with tert-alkyl or cyclic N) is 1. The van der Waals surface area contributed by atoms with Crippen LogP contribution in [0, 0.1) is 5.92 Å². The average molecular weight is 347 g/mol. The third-order valence-corrected chi connectivity index (χ3v) is 5.98. The van der Waals surface area contributed by atoms with Gasteiger partial charge in [-0.15, -0.1) is 0 Å². The van der Waals surface area contributed by atoms with Gasteiger partial charge in [-0.2, -0.15) is 5.10 Å². The summed E-state index contributed by atoms with van der Waals surface area (Å²) in [6.07, 6.45) is 7.03. The van der Waals surface area contributed by atoms with Gasteiger partial charge >= 0.3 is 0 Å². The van der Waals surface area contributed by atoms with E-state index in [0.29, 0.717) is 19.1 Å². The first-order chi connectivity index (χ1) is 12.1. The van der Waals surface area contributed by atoms with Crippen LogP contribution in [0.2, 0.25) is 0 Å². The molecular weight excluding hydrogens is 318 g/mol. The Morgan fingerprint density at radius 3 is 2.88 bits per heavy atom. The van der Waals surface area contributed by atoms with Crippen LogP contribution >= 0.6 is 0 Å². The van der Waals surface area contributed by atoms with Gasteiger partial charge in [0.15, 0.2) is 0 Å². The molecule has 1 unspecified atom stereocenters. The highest BCUT2D eigenvalue weighted by Gasteiger charge is 2.33. The van der Waals surface area contributed by atoms with E-state index in [1.165, 1.54) is 0 Å². The molecule has 3 aliphatic rings. The van der Waals surface area contributed by atoms with Gasteiger partial charge in [-0.05, 0) is 69.5 Å². The predicted octanol–water partition coefficient (Wildman–Crippen LogP) is 0.985. The Morgan fingerprint density at radius 1 is 1.28 bits per heavy atom. The van der Waals surface area contributed by atoms with Gasteiger partial charge in [0.25, 0.3) is 5.56 Å². The number of hydrogen-bond donors (Lipinski definition) is 1. The lowest BCUT2D eigenvalue weighted by Gasteiger charge is -2.39. The SMILES string of the molecule is O=c1cc2c(nn1CC1CCN(CC3(O)CCCOC3)CC1)CCC2. The summed E-state index contributed by atoms with van der Waals surface area (Å²) in [6.45, 7) is 4.62. The number of nitrogens with zero attached hydrogens (tertiary/aromatic N) is 3. The van der Waals surface area contributed by atoms with Gasteiger partial charge in [0.1, 0.15) is 5.60 Å². The van der Waals surface area contributed by atoms with E-state index in [0.717, 1.165) is 82.4 Å². The van der Waals surface area contributed by atoms with Gasteiger partial charge in [-0.25, -0.2) is 4.68 Å². The number of hydrogen-bond acceptors (Lipinski definition) is 5. The first kappa shape index (κ1) is 17.2. The Morgan fingerprint density at radius 2 is 2.12 bits per heavy atom. The van der Waals surface area contributed by atoms with Crippen LogP contribution in [-0.4, -0.2) is 58.2 Å². The zero-order chi connectivity index (χ0) is 17.3. The minimum Gasteiger partial charge on any atom is -0.386 e. The molecule has 138 valence electrons. The van der Waals surface area contributed by atoms with Crippen molar-refractivity contribution in [1.29, 1.82) is 0 Å². The molecule has 4 rings (SSSR count). The molecule has 1 N–H and O–H groups in total. The molecule has 25 heavy (non-hydrogen) atoms. The standard InChI is InChI=1S/C19H29N3O3/c23-18-11-16-3-1-4-17(16)20-22(18)12-15-5-8-21(9-6-15)13-19(24)7-2-10-25-14-19/h11,15,24H,1-10,12-14H2. The van der Waals surface area contributed by atoms with Gasteiger partial charge in [-0.3, -0.25) is 4.79 Å². The van der Waals surface area contributed by atoms with Crippen LogP contribution < -0.4 is 5.56 Å². The van der Waals surface area contributed by atoms with E-state index in [9.17, 15) is 9.90 Å². The molecule has 3 heterocycles. The first-order valence-corrected chi connectivity index (χ1v) is 9.74. The third-order valence-electron chi connectivity index (χ3n) is 5.98. The summed E-state index contributed by atoms with van der Waals surface area (Å²) >= 11 is 0. The maximum absolute atomic E-state index is 12.3. The summed E-state index contributed by atoms with van der Waals surface area (Å²) in [5.74, 6) is 0.498. The lowest BCUT2D eigenvalue weighted by molar-refractivity contribution is -0.103. The normalized spacial score (nSPS) is 28.2. The Kier molecular flexibility index (Phi) is 4.93. The number of rotatable bonds is 4. The lowest BCUT2D eigenvalue weighted by atomic mass is 9.92. The number of aryl methyl sites for hydroxylation is 2. The van der Waals surface area contributed by atoms with Crippen molar-refractivity contribution < 1.29 is 9.84 Å². The monoisotopic (exact) mass is 347 g/mol. The van der Waals surface area contributed by atoms with E-state index >= 15 is 0 Å². The molecule has 1 aliphatic carbocycles. The highest BCUT2D eigenvalue weighted by Crippen LogP contribution is 2.25. The first-order valence-electron chi connectivity index (χ1n) is 9.74. The zero-order valence-corrected chi connectivity index (χ0v) is 15.0. The Bertz CT molecular complexity index is 658. The highest BCUT2D eigenvalue weighted by atomic mass is 16.5. The number of ether oxygens (including phenoxy) is 1. The van der Waals surface area contributed by atoms with Crippen LogP contribution in [0.1, 0.15) is 43.4 Å². The quantitative estimate of drug-likeness (QED) is 0.880. The molecule has 0 spiro atoms. The second kappa shape index (κ2) is 7.17. The van der Waals surface area contributed by atoms with Crippen LogP contribution in [0.15, 0.2) is 10.9 Å². The molecule has 0 bridgehead atoms. The van der Waals surface area contributed by atoms with Crippen LogP contribution in [0.4, 0.5) is 0 Å². The fraction of sp³-hybridized carbons (Fsp3) is 0.789. The lowest BCUT2D eigenvalue weighted by Crippen LogP contribution is -2.50. The van der Waals surface area contributed by atoms with E-state index in [1.807, 2.05) is 0 Å². The van der Waals surface area contributed by atoms with Crippen molar-refractivity contribution in [2.24, 2.45) is 5.92 Å². The summed E-state index contributed by atoms with van der Waals surface area (Å²) in [4.78, 5) is 14.6. The van der Waals surface area contributed by atoms with Crippen molar-refractivity contribution in [2.45, 2.75) is 57.1 Å². The fourth-order valence-electron chi connectivity index (χ4n) is 4.52. The second-order valence-electron chi connectivity index (χ2n) is 8.09. The Balaban J connectivity index is 1.31. The van der Waals surface area contributed by atoms with Gasteiger partial charge < -0.3 is 14.7 Å². The van der Waals surface area contributed by atoms with Gasteiger partial charge in [0, 0.05) is 25.8 Å². The molecule has 0 radical (unpaired) electrons.